The Morgan fingerprint density at radius 2 is 1.53 bits per heavy atom. The second-order valence-electron chi connectivity index (χ2n) is 3.59. The van der Waals surface area contributed by atoms with Crippen LogP contribution >= 0.6 is 0 Å². The van der Waals surface area contributed by atoms with Gasteiger partial charge in [0.2, 0.25) is 0 Å². The van der Waals surface area contributed by atoms with Crippen molar-refractivity contribution in [2.45, 2.75) is 13.8 Å². The molecule has 0 fully saturated rings. The highest BCUT2D eigenvalue weighted by molar-refractivity contribution is 6.14. The van der Waals surface area contributed by atoms with Gasteiger partial charge in [-0.3, -0.25) is 4.79 Å². The molecular formula is C15H17NO3. The van der Waals surface area contributed by atoms with Crippen LogP contribution in [0.3, 0.4) is 0 Å². The maximum absolute atomic E-state index is 11.7. The van der Waals surface area contributed by atoms with Crippen LogP contribution in [-0.4, -0.2) is 24.0 Å². The number of hydrogen-bond donors (Lipinski definition) is 2. The molecule has 0 saturated heterocycles. The number of amides is 1. The van der Waals surface area contributed by atoms with Crippen LogP contribution in [0.15, 0.2) is 36.4 Å². The van der Waals surface area contributed by atoms with Gasteiger partial charge in [0.1, 0.15) is 0 Å². The summed E-state index contributed by atoms with van der Waals surface area (Å²) in [6.45, 7) is 4.00. The first-order valence-electron chi connectivity index (χ1n) is 6.12. The highest BCUT2D eigenvalue weighted by Crippen LogP contribution is 2.23. The van der Waals surface area contributed by atoms with E-state index in [1.807, 2.05) is 13.8 Å². The standard InChI is InChI=1S/C13H11NO3.C2H6/c1-14-12(15)9-6-2-4-8-5-3-7-10(11(8)9)13(16)17;1-2/h2-7H,1H3,(H,14,15)(H,16,17);1-2H3. The second kappa shape index (κ2) is 6.54. The molecule has 0 saturated carbocycles. The molecule has 2 N–H and O–H groups in total. The van der Waals surface area contributed by atoms with E-state index in [0.29, 0.717) is 10.9 Å². The van der Waals surface area contributed by atoms with Crippen LogP contribution in [0, 0.1) is 0 Å². The van der Waals surface area contributed by atoms with E-state index in [1.54, 1.807) is 30.3 Å². The number of carbonyl (C=O) groups is 2. The third-order valence-corrected chi connectivity index (χ3v) is 2.61. The van der Waals surface area contributed by atoms with Gasteiger partial charge >= 0.3 is 5.97 Å². The lowest BCUT2D eigenvalue weighted by atomic mass is 9.99. The summed E-state index contributed by atoms with van der Waals surface area (Å²) in [6.07, 6.45) is 0. The number of carboxylic acid groups (broad SMARTS) is 1. The van der Waals surface area contributed by atoms with Gasteiger partial charge in [-0.2, -0.15) is 0 Å². The number of benzene rings is 2. The Morgan fingerprint density at radius 1 is 1.00 bits per heavy atom. The Balaban J connectivity index is 0.000000861. The van der Waals surface area contributed by atoms with Gasteiger partial charge < -0.3 is 10.4 Å². The molecule has 0 bridgehead atoms. The Labute approximate surface area is 112 Å². The van der Waals surface area contributed by atoms with Gasteiger partial charge in [0.15, 0.2) is 0 Å². The van der Waals surface area contributed by atoms with Gasteiger partial charge in [-0.05, 0) is 17.5 Å². The van der Waals surface area contributed by atoms with Crippen molar-refractivity contribution in [3.05, 3.63) is 47.5 Å². The van der Waals surface area contributed by atoms with E-state index in [1.165, 1.54) is 13.1 Å². The van der Waals surface area contributed by atoms with Crippen molar-refractivity contribution < 1.29 is 14.7 Å². The fraction of sp³-hybridized carbons (Fsp3) is 0.200. The average molecular weight is 259 g/mol. The van der Waals surface area contributed by atoms with Crippen molar-refractivity contribution in [3.63, 3.8) is 0 Å². The number of carbonyl (C=O) groups excluding carboxylic acids is 1. The van der Waals surface area contributed by atoms with Gasteiger partial charge in [-0.15, -0.1) is 0 Å². The molecule has 0 heterocycles. The summed E-state index contributed by atoms with van der Waals surface area (Å²) in [6, 6.07) is 10.1. The van der Waals surface area contributed by atoms with Crippen molar-refractivity contribution in [1.82, 2.24) is 5.32 Å². The van der Waals surface area contributed by atoms with Gasteiger partial charge in [0.25, 0.3) is 5.91 Å². The minimum Gasteiger partial charge on any atom is -0.478 e. The molecule has 0 aliphatic rings. The molecule has 2 rings (SSSR count). The number of hydrogen-bond acceptors (Lipinski definition) is 2. The zero-order chi connectivity index (χ0) is 14.4. The molecule has 0 unspecified atom stereocenters. The molecule has 19 heavy (non-hydrogen) atoms. The number of nitrogens with one attached hydrogen (secondary N) is 1. The van der Waals surface area contributed by atoms with Crippen LogP contribution < -0.4 is 5.32 Å². The van der Waals surface area contributed by atoms with E-state index in [0.717, 1.165) is 5.39 Å². The van der Waals surface area contributed by atoms with Crippen LogP contribution in [0.1, 0.15) is 34.6 Å². The summed E-state index contributed by atoms with van der Waals surface area (Å²) in [5, 5.41) is 12.9. The van der Waals surface area contributed by atoms with Gasteiger partial charge in [0, 0.05) is 18.0 Å². The summed E-state index contributed by atoms with van der Waals surface area (Å²) in [4.78, 5) is 22.8. The van der Waals surface area contributed by atoms with E-state index < -0.39 is 5.97 Å². The maximum Gasteiger partial charge on any atom is 0.336 e. The molecule has 4 nitrogen and oxygen atoms in total. The van der Waals surface area contributed by atoms with Crippen LogP contribution in [0.4, 0.5) is 0 Å². The van der Waals surface area contributed by atoms with Crippen molar-refractivity contribution in [3.8, 4) is 0 Å². The summed E-state index contributed by atoms with van der Waals surface area (Å²) in [7, 11) is 1.52. The number of carboxylic acids is 1. The zero-order valence-corrected chi connectivity index (χ0v) is 11.2. The molecule has 0 aliphatic heterocycles. The van der Waals surface area contributed by atoms with Crippen LogP contribution in [-0.2, 0) is 0 Å². The monoisotopic (exact) mass is 259 g/mol. The lowest BCUT2D eigenvalue weighted by Gasteiger charge is -2.07. The fourth-order valence-electron chi connectivity index (χ4n) is 1.84. The molecule has 2 aromatic carbocycles. The Morgan fingerprint density at radius 3 is 2.00 bits per heavy atom. The summed E-state index contributed by atoms with van der Waals surface area (Å²) in [5.41, 5.74) is 0.518. The molecular weight excluding hydrogens is 242 g/mol. The molecule has 1 amide bonds. The smallest absolute Gasteiger partial charge is 0.336 e. The Bertz CT molecular complexity index is 600. The summed E-state index contributed by atoms with van der Waals surface area (Å²) in [5.74, 6) is -1.32. The molecule has 0 aliphatic carbocycles. The first kappa shape index (κ1) is 14.7. The average Bonchev–Trinajstić information content (AvgIpc) is 2.47. The fourth-order valence-corrected chi connectivity index (χ4v) is 1.84. The maximum atomic E-state index is 11.7. The summed E-state index contributed by atoms with van der Waals surface area (Å²) < 4.78 is 0. The van der Waals surface area contributed by atoms with Crippen molar-refractivity contribution in [2.75, 3.05) is 7.05 Å². The number of fused-ring (bicyclic) bond motifs is 1. The van der Waals surface area contributed by atoms with E-state index in [-0.39, 0.29) is 11.5 Å². The summed E-state index contributed by atoms with van der Waals surface area (Å²) >= 11 is 0. The van der Waals surface area contributed by atoms with E-state index in [4.69, 9.17) is 5.11 Å². The third kappa shape index (κ3) is 2.91. The van der Waals surface area contributed by atoms with E-state index in [2.05, 4.69) is 5.32 Å². The van der Waals surface area contributed by atoms with Gasteiger partial charge in [-0.1, -0.05) is 38.1 Å². The van der Waals surface area contributed by atoms with Crippen molar-refractivity contribution in [1.29, 1.82) is 0 Å². The minimum absolute atomic E-state index is 0.140. The second-order valence-corrected chi connectivity index (χ2v) is 3.59. The predicted octanol–water partition coefficient (Wildman–Crippen LogP) is 2.92. The lowest BCUT2D eigenvalue weighted by Crippen LogP contribution is -2.18. The van der Waals surface area contributed by atoms with Crippen molar-refractivity contribution in [2.24, 2.45) is 0 Å². The van der Waals surface area contributed by atoms with Crippen LogP contribution in [0.25, 0.3) is 10.8 Å². The lowest BCUT2D eigenvalue weighted by molar-refractivity contribution is 0.0699. The SMILES string of the molecule is CC.CNC(=O)c1cccc2cccc(C(=O)O)c12. The minimum atomic E-state index is -1.04. The van der Waals surface area contributed by atoms with Gasteiger partial charge in [-0.25, -0.2) is 4.79 Å². The van der Waals surface area contributed by atoms with Crippen LogP contribution in [0.2, 0.25) is 0 Å². The molecule has 100 valence electrons. The third-order valence-electron chi connectivity index (χ3n) is 2.61. The molecule has 0 atom stereocenters. The van der Waals surface area contributed by atoms with Crippen molar-refractivity contribution >= 4 is 22.6 Å². The van der Waals surface area contributed by atoms with E-state index >= 15 is 0 Å². The number of aromatic carboxylic acids is 1. The topological polar surface area (TPSA) is 66.4 Å². The number of rotatable bonds is 2. The highest BCUT2D eigenvalue weighted by Gasteiger charge is 2.15. The largest absolute Gasteiger partial charge is 0.478 e. The molecule has 2 aromatic rings. The normalized spacial score (nSPS) is 9.42. The van der Waals surface area contributed by atoms with E-state index in [9.17, 15) is 9.59 Å². The Kier molecular flexibility index (Phi) is 5.06. The first-order valence-corrected chi connectivity index (χ1v) is 6.12. The quantitative estimate of drug-likeness (QED) is 0.871. The molecule has 0 aromatic heterocycles. The molecule has 4 heteroatoms. The van der Waals surface area contributed by atoms with Crippen LogP contribution in [0.5, 0.6) is 0 Å². The Hall–Kier alpha value is -2.36. The highest BCUT2D eigenvalue weighted by atomic mass is 16.4. The predicted molar refractivity (Wildman–Crippen MR) is 75.6 cm³/mol. The first-order chi connectivity index (χ1) is 9.15. The zero-order valence-electron chi connectivity index (χ0n) is 11.2. The van der Waals surface area contributed by atoms with Gasteiger partial charge in [0.05, 0.1) is 5.56 Å². The molecule has 0 radical (unpaired) electrons. The molecule has 0 spiro atoms.